The maximum atomic E-state index is 14.3. The number of fused-ring (bicyclic) bond motifs is 1. The van der Waals surface area contributed by atoms with Crippen LogP contribution in [0.2, 0.25) is 0 Å². The molecule has 0 aliphatic rings. The number of rotatable bonds is 9. The molecule has 37 heavy (non-hydrogen) atoms. The number of hydrogen-bond donors (Lipinski definition) is 3. The third-order valence-electron chi connectivity index (χ3n) is 5.63. The first kappa shape index (κ1) is 25.7. The molecule has 0 aromatic carbocycles. The summed E-state index contributed by atoms with van der Waals surface area (Å²) in [7, 11) is 1.58. The Morgan fingerprint density at radius 1 is 1.24 bits per heavy atom. The number of aliphatic hydroxyl groups is 1. The molecule has 0 radical (unpaired) electrons. The predicted octanol–water partition coefficient (Wildman–Crippen LogP) is 3.39. The molecule has 0 aliphatic heterocycles. The molecule has 1 atom stereocenters. The van der Waals surface area contributed by atoms with Crippen molar-refractivity contribution in [1.29, 1.82) is 5.26 Å². The maximum absolute atomic E-state index is 14.3. The molecule has 0 saturated heterocycles. The van der Waals surface area contributed by atoms with Crippen LogP contribution < -0.4 is 10.6 Å². The number of pyridine rings is 2. The highest BCUT2D eigenvalue weighted by molar-refractivity contribution is 6.00. The number of alkyl halides is 1. The van der Waals surface area contributed by atoms with Gasteiger partial charge in [-0.25, -0.2) is 8.91 Å². The molecule has 4 aromatic heterocycles. The first-order valence-electron chi connectivity index (χ1n) is 11.4. The maximum Gasteiger partial charge on any atom is 0.255 e. The zero-order valence-electron chi connectivity index (χ0n) is 20.6. The van der Waals surface area contributed by atoms with Crippen LogP contribution in [-0.2, 0) is 11.3 Å². The Morgan fingerprint density at radius 3 is 2.78 bits per heavy atom. The van der Waals surface area contributed by atoms with E-state index in [1.165, 1.54) is 26.2 Å². The van der Waals surface area contributed by atoms with E-state index in [-0.39, 0.29) is 12.1 Å². The van der Waals surface area contributed by atoms with Gasteiger partial charge in [-0.1, -0.05) is 0 Å². The lowest BCUT2D eigenvalue weighted by molar-refractivity contribution is -0.00177. The summed E-state index contributed by atoms with van der Waals surface area (Å²) in [6.45, 7) is 2.66. The number of ether oxygens (including phenoxy) is 1. The van der Waals surface area contributed by atoms with Gasteiger partial charge in [-0.2, -0.15) is 10.4 Å². The molecule has 10 nitrogen and oxygen atoms in total. The van der Waals surface area contributed by atoms with Gasteiger partial charge in [0.15, 0.2) is 0 Å². The van der Waals surface area contributed by atoms with Crippen LogP contribution in [0.5, 0.6) is 0 Å². The quantitative estimate of drug-likeness (QED) is 0.316. The number of carbonyl (C=O) groups excluding carboxylic acids is 1. The molecule has 0 unspecified atom stereocenters. The smallest absolute Gasteiger partial charge is 0.255 e. The number of anilines is 2. The minimum absolute atomic E-state index is 0.171. The Hall–Kier alpha value is -4.40. The first-order valence-corrected chi connectivity index (χ1v) is 11.4. The summed E-state index contributed by atoms with van der Waals surface area (Å²) in [5, 5.41) is 29.1. The monoisotopic (exact) mass is 503 g/mol. The Morgan fingerprint density at radius 2 is 2.05 bits per heavy atom. The average Bonchev–Trinajstić information content (AvgIpc) is 3.30. The molecule has 4 aromatic rings. The van der Waals surface area contributed by atoms with Crippen molar-refractivity contribution < 1.29 is 19.0 Å². The van der Waals surface area contributed by atoms with Crippen LogP contribution in [0.3, 0.4) is 0 Å². The van der Waals surface area contributed by atoms with Gasteiger partial charge in [-0.3, -0.25) is 14.8 Å². The van der Waals surface area contributed by atoms with Crippen molar-refractivity contribution in [3.8, 4) is 17.5 Å². The largest absolute Gasteiger partial charge is 0.387 e. The second kappa shape index (κ2) is 10.7. The zero-order valence-corrected chi connectivity index (χ0v) is 20.6. The van der Waals surface area contributed by atoms with Gasteiger partial charge in [0.1, 0.15) is 12.2 Å². The molecule has 11 heteroatoms. The van der Waals surface area contributed by atoms with Gasteiger partial charge in [-0.05, 0) is 49.7 Å². The molecule has 0 fully saturated rings. The minimum atomic E-state index is -1.66. The van der Waals surface area contributed by atoms with Gasteiger partial charge >= 0.3 is 0 Å². The van der Waals surface area contributed by atoms with Crippen molar-refractivity contribution in [2.75, 3.05) is 19.0 Å². The van der Waals surface area contributed by atoms with E-state index in [0.717, 1.165) is 5.56 Å². The van der Waals surface area contributed by atoms with Crippen molar-refractivity contribution in [2.45, 2.75) is 32.2 Å². The highest BCUT2D eigenvalue weighted by Gasteiger charge is 2.27. The van der Waals surface area contributed by atoms with E-state index in [2.05, 4.69) is 31.8 Å². The fourth-order valence-corrected chi connectivity index (χ4v) is 3.62. The Balaban J connectivity index is 1.71. The fraction of sp³-hybridized carbons (Fsp3) is 0.269. The molecule has 0 bridgehead atoms. The number of methoxy groups -OCH3 is 1. The van der Waals surface area contributed by atoms with Gasteiger partial charge in [0.25, 0.3) is 5.91 Å². The van der Waals surface area contributed by atoms with Gasteiger partial charge in [0.05, 0.1) is 70.6 Å². The van der Waals surface area contributed by atoms with Crippen molar-refractivity contribution in [1.82, 2.24) is 24.9 Å². The lowest BCUT2D eigenvalue weighted by Crippen LogP contribution is -2.42. The number of aromatic nitrogens is 4. The zero-order chi connectivity index (χ0) is 26.6. The summed E-state index contributed by atoms with van der Waals surface area (Å²) in [6, 6.07) is 10.9. The number of nitrogens with one attached hydrogen (secondary N) is 2. The lowest BCUT2D eigenvalue weighted by atomic mass is 10.0. The minimum Gasteiger partial charge on any atom is -0.387 e. The molecule has 0 saturated carbocycles. The van der Waals surface area contributed by atoms with Crippen molar-refractivity contribution >= 4 is 22.8 Å². The molecule has 4 rings (SSSR count). The van der Waals surface area contributed by atoms with Crippen LogP contribution in [0.15, 0.2) is 55.1 Å². The van der Waals surface area contributed by atoms with Crippen LogP contribution >= 0.6 is 0 Å². The van der Waals surface area contributed by atoms with E-state index in [1.54, 1.807) is 36.2 Å². The van der Waals surface area contributed by atoms with E-state index >= 15 is 0 Å². The van der Waals surface area contributed by atoms with Gasteiger partial charge < -0.3 is 20.5 Å². The molecule has 3 N–H and O–H groups in total. The summed E-state index contributed by atoms with van der Waals surface area (Å²) in [4.78, 5) is 21.7. The second-order valence-corrected chi connectivity index (χ2v) is 9.00. The summed E-state index contributed by atoms with van der Waals surface area (Å²) >= 11 is 0. The summed E-state index contributed by atoms with van der Waals surface area (Å²) in [5.41, 5.74) is 2.71. The Bertz CT molecular complexity index is 1470. The number of hydrogen-bond acceptors (Lipinski definition) is 8. The van der Waals surface area contributed by atoms with E-state index in [1.807, 2.05) is 18.2 Å². The topological polar surface area (TPSA) is 137 Å². The summed E-state index contributed by atoms with van der Waals surface area (Å²) in [5.74, 6) is -0.564. The third-order valence-corrected chi connectivity index (χ3v) is 5.63. The van der Waals surface area contributed by atoms with Crippen LogP contribution in [0.25, 0.3) is 16.9 Å². The molecule has 0 aliphatic carbocycles. The standard InChI is InChI=1S/C26H26FN7O3/c1-26(2,36)24(27)14-31-25(35)20-13-30-22(23-5-4-19-7-16(9-28)11-32-34(19)23)8-21(20)33-18-6-17(15-37-3)10-29-12-18/h4-8,10-13,24,36H,14-15H2,1-3H3,(H,30,33)(H,31,35)/t24-/m1/s1. The van der Waals surface area contributed by atoms with Crippen LogP contribution in [-0.4, -0.2) is 56.0 Å². The number of carbonyl (C=O) groups is 1. The Labute approximate surface area is 212 Å². The number of amides is 1. The number of nitrogens with zero attached hydrogens (tertiary/aromatic N) is 5. The number of nitriles is 1. The SMILES string of the molecule is COCc1cncc(Nc2cc(-c3ccc4cc(C#N)cnn34)ncc2C(=O)NC[C@@H](F)C(C)(C)O)c1. The summed E-state index contributed by atoms with van der Waals surface area (Å²) < 4.78 is 21.1. The molecule has 190 valence electrons. The fourth-order valence-electron chi connectivity index (χ4n) is 3.62. The number of halogens is 1. The highest BCUT2D eigenvalue weighted by Crippen LogP contribution is 2.28. The predicted molar refractivity (Wildman–Crippen MR) is 135 cm³/mol. The third kappa shape index (κ3) is 5.88. The molecule has 0 spiro atoms. The van der Waals surface area contributed by atoms with Gasteiger partial charge in [0.2, 0.25) is 0 Å². The normalized spacial score (nSPS) is 12.2. The molecular weight excluding hydrogens is 477 g/mol. The highest BCUT2D eigenvalue weighted by atomic mass is 19.1. The first-order chi connectivity index (χ1) is 17.7. The molecule has 1 amide bonds. The second-order valence-electron chi connectivity index (χ2n) is 9.00. The van der Waals surface area contributed by atoms with Crippen molar-refractivity contribution in [3.63, 3.8) is 0 Å². The molecule has 4 heterocycles. The van der Waals surface area contributed by atoms with Crippen LogP contribution in [0, 0.1) is 11.3 Å². The van der Waals surface area contributed by atoms with E-state index in [9.17, 15) is 14.3 Å². The Kier molecular flexibility index (Phi) is 7.42. The average molecular weight is 504 g/mol. The van der Waals surface area contributed by atoms with Crippen LogP contribution in [0.4, 0.5) is 15.8 Å². The van der Waals surface area contributed by atoms with E-state index in [4.69, 9.17) is 10.00 Å². The van der Waals surface area contributed by atoms with Crippen LogP contribution in [0.1, 0.15) is 35.3 Å². The van der Waals surface area contributed by atoms with E-state index < -0.39 is 17.7 Å². The van der Waals surface area contributed by atoms with E-state index in [0.29, 0.717) is 40.4 Å². The summed E-state index contributed by atoms with van der Waals surface area (Å²) in [6.07, 6.45) is 4.46. The lowest BCUT2D eigenvalue weighted by Gasteiger charge is -2.22. The van der Waals surface area contributed by atoms with Crippen molar-refractivity contribution in [2.24, 2.45) is 0 Å². The molecular formula is C26H26FN7O3. The van der Waals surface area contributed by atoms with Crippen molar-refractivity contribution in [3.05, 3.63) is 71.8 Å². The van der Waals surface area contributed by atoms with Gasteiger partial charge in [0, 0.05) is 19.5 Å². The van der Waals surface area contributed by atoms with Gasteiger partial charge in [-0.15, -0.1) is 0 Å².